The number of hydrogen-bond donors (Lipinski definition) is 0. The third-order valence-electron chi connectivity index (χ3n) is 4.84. The average Bonchev–Trinajstić information content (AvgIpc) is 2.60. The summed E-state index contributed by atoms with van der Waals surface area (Å²) in [5, 5.41) is 3.64. The van der Waals surface area contributed by atoms with Crippen LogP contribution in [0, 0.1) is 19.8 Å². The molecular weight excluding hydrogens is 316 g/mol. The Morgan fingerprint density at radius 3 is 2.38 bits per heavy atom. The van der Waals surface area contributed by atoms with Crippen molar-refractivity contribution in [1.29, 1.82) is 0 Å². The molecular formula is C24H24N2. The van der Waals surface area contributed by atoms with Gasteiger partial charge in [-0.05, 0) is 48.8 Å². The molecule has 0 unspecified atom stereocenters. The molecule has 0 aliphatic rings. The summed E-state index contributed by atoms with van der Waals surface area (Å²) in [6.07, 6.45) is 1.10. The van der Waals surface area contributed by atoms with Crippen LogP contribution in [-0.2, 0) is 6.42 Å². The van der Waals surface area contributed by atoms with Crippen LogP contribution >= 0.6 is 0 Å². The van der Waals surface area contributed by atoms with Crippen LogP contribution in [0.25, 0.3) is 32.9 Å². The summed E-state index contributed by atoms with van der Waals surface area (Å²) in [4.78, 5) is 9.58. The Labute approximate surface area is 154 Å². The molecule has 4 rings (SSSR count). The molecule has 0 fully saturated rings. The first kappa shape index (κ1) is 16.7. The zero-order valence-electron chi connectivity index (χ0n) is 15.9. The van der Waals surface area contributed by atoms with Gasteiger partial charge in [0.15, 0.2) is 0 Å². The minimum absolute atomic E-state index is 0.654. The SMILES string of the molecule is Cc1nc(-c2ccccc2)c2ccc3cc(CC(C)C)cc(C)c3c2n1. The number of benzene rings is 3. The van der Waals surface area contributed by atoms with Crippen LogP contribution < -0.4 is 0 Å². The zero-order valence-corrected chi connectivity index (χ0v) is 15.9. The van der Waals surface area contributed by atoms with Crippen molar-refractivity contribution in [2.45, 2.75) is 34.1 Å². The third kappa shape index (κ3) is 2.96. The highest BCUT2D eigenvalue weighted by atomic mass is 14.9. The number of aryl methyl sites for hydroxylation is 2. The smallest absolute Gasteiger partial charge is 0.126 e. The van der Waals surface area contributed by atoms with Crippen molar-refractivity contribution in [3.63, 3.8) is 0 Å². The average molecular weight is 340 g/mol. The van der Waals surface area contributed by atoms with Crippen molar-refractivity contribution in [2.75, 3.05) is 0 Å². The maximum absolute atomic E-state index is 4.83. The molecule has 0 bridgehead atoms. The molecule has 0 aliphatic heterocycles. The highest BCUT2D eigenvalue weighted by molar-refractivity contribution is 6.10. The summed E-state index contributed by atoms with van der Waals surface area (Å²) in [6, 6.07) is 19.4. The number of aromatic nitrogens is 2. The largest absolute Gasteiger partial charge is 0.233 e. The fourth-order valence-corrected chi connectivity index (χ4v) is 3.85. The molecule has 0 atom stereocenters. The van der Waals surface area contributed by atoms with E-state index < -0.39 is 0 Å². The van der Waals surface area contributed by atoms with E-state index in [0.717, 1.165) is 34.4 Å². The number of hydrogen-bond acceptors (Lipinski definition) is 2. The second kappa shape index (κ2) is 6.53. The Morgan fingerprint density at radius 2 is 1.65 bits per heavy atom. The molecule has 4 aromatic rings. The van der Waals surface area contributed by atoms with Gasteiger partial charge in [-0.1, -0.05) is 62.4 Å². The molecule has 2 heteroatoms. The molecule has 1 aromatic heterocycles. The molecule has 26 heavy (non-hydrogen) atoms. The molecule has 0 saturated heterocycles. The Hall–Kier alpha value is -2.74. The maximum atomic E-state index is 4.83. The molecule has 3 aromatic carbocycles. The molecule has 0 amide bonds. The summed E-state index contributed by atoms with van der Waals surface area (Å²) < 4.78 is 0. The Morgan fingerprint density at radius 1 is 0.885 bits per heavy atom. The number of rotatable bonds is 3. The summed E-state index contributed by atoms with van der Waals surface area (Å²) in [5.41, 5.74) is 5.90. The van der Waals surface area contributed by atoms with E-state index in [-0.39, 0.29) is 0 Å². The van der Waals surface area contributed by atoms with Crippen LogP contribution in [0.4, 0.5) is 0 Å². The van der Waals surface area contributed by atoms with Crippen LogP contribution in [0.3, 0.4) is 0 Å². The van der Waals surface area contributed by atoms with E-state index in [1.54, 1.807) is 0 Å². The van der Waals surface area contributed by atoms with Crippen molar-refractivity contribution in [3.8, 4) is 11.3 Å². The van der Waals surface area contributed by atoms with Crippen molar-refractivity contribution >= 4 is 21.7 Å². The summed E-state index contributed by atoms with van der Waals surface area (Å²) in [6.45, 7) is 8.71. The first-order valence-electron chi connectivity index (χ1n) is 9.29. The van der Waals surface area contributed by atoms with Gasteiger partial charge in [0.25, 0.3) is 0 Å². The van der Waals surface area contributed by atoms with Gasteiger partial charge in [-0.15, -0.1) is 0 Å². The summed E-state index contributed by atoms with van der Waals surface area (Å²) in [7, 11) is 0. The van der Waals surface area contributed by atoms with Crippen LogP contribution in [0.15, 0.2) is 54.6 Å². The minimum Gasteiger partial charge on any atom is -0.233 e. The molecule has 1 heterocycles. The Balaban J connectivity index is 2.03. The van der Waals surface area contributed by atoms with Gasteiger partial charge in [0, 0.05) is 16.3 Å². The van der Waals surface area contributed by atoms with E-state index >= 15 is 0 Å². The number of fused-ring (bicyclic) bond motifs is 3. The van der Waals surface area contributed by atoms with Crippen LogP contribution in [0.5, 0.6) is 0 Å². The molecule has 2 nitrogen and oxygen atoms in total. The molecule has 0 spiro atoms. The van der Waals surface area contributed by atoms with Crippen molar-refractivity contribution in [3.05, 3.63) is 71.5 Å². The second-order valence-corrected chi connectivity index (χ2v) is 7.56. The lowest BCUT2D eigenvalue weighted by atomic mass is 9.94. The van der Waals surface area contributed by atoms with E-state index in [0.29, 0.717) is 5.92 Å². The van der Waals surface area contributed by atoms with Gasteiger partial charge in [-0.25, -0.2) is 9.97 Å². The minimum atomic E-state index is 0.654. The van der Waals surface area contributed by atoms with Gasteiger partial charge >= 0.3 is 0 Å². The molecule has 0 saturated carbocycles. The quantitative estimate of drug-likeness (QED) is 0.411. The Bertz CT molecular complexity index is 1100. The standard InChI is InChI=1S/C24H24N2/c1-15(2)12-18-13-16(3)22-20(14-18)10-11-21-23(19-8-6-5-7-9-19)25-17(4)26-24(21)22/h5-11,13-15H,12H2,1-4H3. The second-order valence-electron chi connectivity index (χ2n) is 7.56. The first-order valence-corrected chi connectivity index (χ1v) is 9.29. The lowest BCUT2D eigenvalue weighted by molar-refractivity contribution is 0.647. The summed E-state index contributed by atoms with van der Waals surface area (Å²) >= 11 is 0. The normalized spacial score (nSPS) is 11.6. The number of nitrogens with zero attached hydrogens (tertiary/aromatic N) is 2. The van der Waals surface area contributed by atoms with Gasteiger partial charge < -0.3 is 0 Å². The van der Waals surface area contributed by atoms with Crippen molar-refractivity contribution < 1.29 is 0 Å². The van der Waals surface area contributed by atoms with E-state index in [1.807, 2.05) is 13.0 Å². The van der Waals surface area contributed by atoms with E-state index in [4.69, 9.17) is 9.97 Å². The lowest BCUT2D eigenvalue weighted by Crippen LogP contribution is -1.98. The Kier molecular flexibility index (Phi) is 4.20. The molecule has 0 N–H and O–H groups in total. The van der Waals surface area contributed by atoms with Gasteiger partial charge in [0.1, 0.15) is 5.82 Å². The van der Waals surface area contributed by atoms with Gasteiger partial charge in [0.05, 0.1) is 11.2 Å². The zero-order chi connectivity index (χ0) is 18.3. The maximum Gasteiger partial charge on any atom is 0.126 e. The lowest BCUT2D eigenvalue weighted by Gasteiger charge is -2.13. The van der Waals surface area contributed by atoms with Crippen LogP contribution in [0.1, 0.15) is 30.8 Å². The summed E-state index contributed by atoms with van der Waals surface area (Å²) in [5.74, 6) is 1.47. The van der Waals surface area contributed by atoms with Crippen molar-refractivity contribution in [2.24, 2.45) is 5.92 Å². The van der Waals surface area contributed by atoms with Gasteiger partial charge in [0.2, 0.25) is 0 Å². The van der Waals surface area contributed by atoms with Gasteiger partial charge in [-0.2, -0.15) is 0 Å². The molecule has 130 valence electrons. The predicted octanol–water partition coefficient (Wildman–Crippen LogP) is 6.27. The third-order valence-corrected chi connectivity index (χ3v) is 4.84. The van der Waals surface area contributed by atoms with E-state index in [2.05, 4.69) is 69.3 Å². The topological polar surface area (TPSA) is 25.8 Å². The van der Waals surface area contributed by atoms with Crippen LogP contribution in [0.2, 0.25) is 0 Å². The van der Waals surface area contributed by atoms with Crippen LogP contribution in [-0.4, -0.2) is 9.97 Å². The van der Waals surface area contributed by atoms with E-state index in [9.17, 15) is 0 Å². The monoisotopic (exact) mass is 340 g/mol. The van der Waals surface area contributed by atoms with Gasteiger partial charge in [-0.3, -0.25) is 0 Å². The first-order chi connectivity index (χ1) is 12.5. The predicted molar refractivity (Wildman–Crippen MR) is 110 cm³/mol. The fraction of sp³-hybridized carbons (Fsp3) is 0.250. The van der Waals surface area contributed by atoms with E-state index in [1.165, 1.54) is 21.9 Å². The highest BCUT2D eigenvalue weighted by Gasteiger charge is 2.13. The molecule has 0 radical (unpaired) electrons. The highest BCUT2D eigenvalue weighted by Crippen LogP contribution is 2.33. The fourth-order valence-electron chi connectivity index (χ4n) is 3.85. The molecule has 0 aliphatic carbocycles. The van der Waals surface area contributed by atoms with Crippen molar-refractivity contribution in [1.82, 2.24) is 9.97 Å².